The Kier molecular flexibility index (Phi) is 3.67. The van der Waals surface area contributed by atoms with Gasteiger partial charge in [0.25, 0.3) is 5.88 Å². The van der Waals surface area contributed by atoms with Gasteiger partial charge >= 0.3 is 0 Å². The zero-order valence-electron chi connectivity index (χ0n) is 9.02. The van der Waals surface area contributed by atoms with E-state index in [1.54, 1.807) is 0 Å². The third-order valence-corrected chi connectivity index (χ3v) is 2.60. The largest absolute Gasteiger partial charge is 0.474 e. The molecule has 1 aromatic heterocycles. The summed E-state index contributed by atoms with van der Waals surface area (Å²) in [6, 6.07) is 2.33. The molecule has 0 bridgehead atoms. The summed E-state index contributed by atoms with van der Waals surface area (Å²) in [4.78, 5) is 7.89. The minimum absolute atomic E-state index is 0.248. The van der Waals surface area contributed by atoms with Gasteiger partial charge in [0.15, 0.2) is 0 Å². The second-order valence-corrected chi connectivity index (χ2v) is 3.78. The molecular weight excluding hydrogens is 204 g/mol. The van der Waals surface area contributed by atoms with Gasteiger partial charge in [0, 0.05) is 18.4 Å². The fraction of sp³-hybridized carbons (Fsp3) is 0.545. The summed E-state index contributed by atoms with van der Waals surface area (Å²) in [5.41, 5.74) is 0.248. The van der Waals surface area contributed by atoms with Crippen molar-refractivity contribution in [2.45, 2.75) is 25.3 Å². The summed E-state index contributed by atoms with van der Waals surface area (Å²) in [7, 11) is 0. The summed E-state index contributed by atoms with van der Waals surface area (Å²) in [6.45, 7) is 1.59. The van der Waals surface area contributed by atoms with Crippen molar-refractivity contribution < 1.29 is 4.74 Å². The number of ether oxygens (including phenoxy) is 1. The number of hydrogen-bond acceptors (Lipinski definition) is 5. The smallest absolute Gasteiger partial charge is 0.251 e. The number of nitrogens with one attached hydrogen (secondary N) is 1. The highest BCUT2D eigenvalue weighted by Gasteiger charge is 2.14. The van der Waals surface area contributed by atoms with Crippen molar-refractivity contribution in [3.05, 3.63) is 18.1 Å². The molecular formula is C11H14N4O. The third kappa shape index (κ3) is 2.67. The highest BCUT2D eigenvalue weighted by molar-refractivity contribution is 5.29. The van der Waals surface area contributed by atoms with E-state index in [1.165, 1.54) is 25.2 Å². The monoisotopic (exact) mass is 218 g/mol. The van der Waals surface area contributed by atoms with Crippen molar-refractivity contribution in [2.75, 3.05) is 13.2 Å². The van der Waals surface area contributed by atoms with Crippen molar-refractivity contribution in [1.82, 2.24) is 15.3 Å². The van der Waals surface area contributed by atoms with Crippen LogP contribution in [0.3, 0.4) is 0 Å². The molecule has 84 valence electrons. The van der Waals surface area contributed by atoms with Gasteiger partial charge in [-0.25, -0.2) is 9.97 Å². The van der Waals surface area contributed by atoms with Gasteiger partial charge in [-0.3, -0.25) is 0 Å². The van der Waals surface area contributed by atoms with E-state index in [0.29, 0.717) is 18.5 Å². The molecule has 0 aliphatic carbocycles. The minimum Gasteiger partial charge on any atom is -0.474 e. The highest BCUT2D eigenvalue weighted by atomic mass is 16.5. The van der Waals surface area contributed by atoms with Crippen LogP contribution in [0.25, 0.3) is 0 Å². The summed E-state index contributed by atoms with van der Waals surface area (Å²) in [5, 5.41) is 12.2. The van der Waals surface area contributed by atoms with E-state index >= 15 is 0 Å². The van der Waals surface area contributed by atoms with Gasteiger partial charge in [0.05, 0.1) is 0 Å². The number of aromatic nitrogens is 2. The van der Waals surface area contributed by atoms with Gasteiger partial charge < -0.3 is 10.1 Å². The lowest BCUT2D eigenvalue weighted by Crippen LogP contribution is -2.38. The number of piperidine rings is 1. The lowest BCUT2D eigenvalue weighted by molar-refractivity contribution is 0.230. The molecule has 0 aromatic carbocycles. The molecule has 0 radical (unpaired) electrons. The predicted molar refractivity (Wildman–Crippen MR) is 57.9 cm³/mol. The first-order valence-corrected chi connectivity index (χ1v) is 5.47. The van der Waals surface area contributed by atoms with Gasteiger partial charge in [-0.15, -0.1) is 0 Å². The van der Waals surface area contributed by atoms with Gasteiger partial charge in [-0.1, -0.05) is 6.42 Å². The number of hydrogen-bond donors (Lipinski definition) is 1. The summed E-state index contributed by atoms with van der Waals surface area (Å²) in [5.74, 6) is 0.331. The van der Waals surface area contributed by atoms with Crippen LogP contribution in [0.5, 0.6) is 5.88 Å². The van der Waals surface area contributed by atoms with E-state index in [0.717, 1.165) is 13.0 Å². The van der Waals surface area contributed by atoms with Crippen LogP contribution in [-0.4, -0.2) is 29.2 Å². The second-order valence-electron chi connectivity index (χ2n) is 3.78. The maximum Gasteiger partial charge on any atom is 0.251 e. The van der Waals surface area contributed by atoms with Crippen LogP contribution in [0.4, 0.5) is 0 Å². The lowest BCUT2D eigenvalue weighted by Gasteiger charge is -2.23. The first kappa shape index (κ1) is 10.8. The van der Waals surface area contributed by atoms with Crippen molar-refractivity contribution >= 4 is 0 Å². The van der Waals surface area contributed by atoms with Crippen LogP contribution in [-0.2, 0) is 0 Å². The fourth-order valence-electron chi connectivity index (χ4n) is 1.75. The van der Waals surface area contributed by atoms with E-state index in [2.05, 4.69) is 15.3 Å². The molecule has 1 aromatic rings. The van der Waals surface area contributed by atoms with E-state index in [1.807, 2.05) is 6.07 Å². The van der Waals surface area contributed by atoms with E-state index < -0.39 is 0 Å². The minimum atomic E-state index is 0.248. The number of rotatable bonds is 3. The van der Waals surface area contributed by atoms with Crippen molar-refractivity contribution in [3.8, 4) is 11.9 Å². The molecule has 1 aliphatic rings. The Morgan fingerprint density at radius 2 is 2.31 bits per heavy atom. The molecule has 1 N–H and O–H groups in total. The van der Waals surface area contributed by atoms with Crippen molar-refractivity contribution in [2.24, 2.45) is 0 Å². The standard InChI is InChI=1S/C11H14N4O/c12-7-10-11(15-6-5-14-10)16-8-9-3-1-2-4-13-9/h5-6,9,13H,1-4,8H2/t9-/m1/s1. The SMILES string of the molecule is N#Cc1nccnc1OC[C@H]1CCCCN1. The molecule has 0 saturated carbocycles. The maximum atomic E-state index is 8.81. The van der Waals surface area contributed by atoms with Crippen molar-refractivity contribution in [1.29, 1.82) is 5.26 Å². The second kappa shape index (κ2) is 5.42. The average Bonchev–Trinajstić information content (AvgIpc) is 2.38. The summed E-state index contributed by atoms with van der Waals surface area (Å²) >= 11 is 0. The Labute approximate surface area is 94.5 Å². The molecule has 0 amide bonds. The molecule has 0 spiro atoms. The van der Waals surface area contributed by atoms with Gasteiger partial charge in [-0.05, 0) is 19.4 Å². The topological polar surface area (TPSA) is 70.8 Å². The van der Waals surface area contributed by atoms with E-state index in [4.69, 9.17) is 10.00 Å². The molecule has 2 rings (SSSR count). The first-order valence-electron chi connectivity index (χ1n) is 5.47. The Bertz CT molecular complexity index is 382. The molecule has 0 unspecified atom stereocenters. The quantitative estimate of drug-likeness (QED) is 0.815. The highest BCUT2D eigenvalue weighted by Crippen LogP contribution is 2.12. The first-order chi connectivity index (χ1) is 7.90. The van der Waals surface area contributed by atoms with Gasteiger partial charge in [0.2, 0.25) is 5.69 Å². The van der Waals surface area contributed by atoms with E-state index in [-0.39, 0.29) is 5.69 Å². The fourth-order valence-corrected chi connectivity index (χ4v) is 1.75. The Morgan fingerprint density at radius 1 is 1.44 bits per heavy atom. The maximum absolute atomic E-state index is 8.81. The molecule has 16 heavy (non-hydrogen) atoms. The lowest BCUT2D eigenvalue weighted by atomic mass is 10.1. The number of nitriles is 1. The third-order valence-electron chi connectivity index (χ3n) is 2.60. The van der Waals surface area contributed by atoms with Crippen LogP contribution in [0.1, 0.15) is 25.0 Å². The molecule has 1 saturated heterocycles. The zero-order valence-corrected chi connectivity index (χ0v) is 9.02. The van der Waals surface area contributed by atoms with Crippen molar-refractivity contribution in [3.63, 3.8) is 0 Å². The van der Waals surface area contributed by atoms with E-state index in [9.17, 15) is 0 Å². The summed E-state index contributed by atoms with van der Waals surface area (Å²) in [6.07, 6.45) is 6.59. The Balaban J connectivity index is 1.91. The van der Waals surface area contributed by atoms with Crippen LogP contribution >= 0.6 is 0 Å². The molecule has 5 heteroatoms. The van der Waals surface area contributed by atoms with Crippen LogP contribution in [0.2, 0.25) is 0 Å². The Morgan fingerprint density at radius 3 is 3.06 bits per heavy atom. The van der Waals surface area contributed by atoms with Crippen LogP contribution in [0.15, 0.2) is 12.4 Å². The van der Waals surface area contributed by atoms with Crippen LogP contribution in [0, 0.1) is 11.3 Å². The Hall–Kier alpha value is -1.67. The molecule has 1 fully saturated rings. The number of nitrogens with zero attached hydrogens (tertiary/aromatic N) is 3. The van der Waals surface area contributed by atoms with Gasteiger partial charge in [0.1, 0.15) is 12.7 Å². The van der Waals surface area contributed by atoms with Crippen LogP contribution < -0.4 is 10.1 Å². The molecule has 1 atom stereocenters. The average molecular weight is 218 g/mol. The zero-order chi connectivity index (χ0) is 11.2. The molecule has 5 nitrogen and oxygen atoms in total. The molecule has 2 heterocycles. The molecule has 1 aliphatic heterocycles. The normalized spacial score (nSPS) is 20.1. The predicted octanol–water partition coefficient (Wildman–Crippen LogP) is 0.869. The van der Waals surface area contributed by atoms with Gasteiger partial charge in [-0.2, -0.15) is 5.26 Å². The summed E-state index contributed by atoms with van der Waals surface area (Å²) < 4.78 is 5.51.